The molecule has 1 amide bonds. The number of allylic oxidation sites excluding steroid dienone is 2. The molecule has 0 radical (unpaired) electrons. The molecule has 0 aliphatic heterocycles. The fourth-order valence-corrected chi connectivity index (χ4v) is 4.34. The molecule has 2 rings (SSSR count). The van der Waals surface area contributed by atoms with Crippen LogP contribution in [-0.2, 0) is 24.3 Å². The first-order valence-corrected chi connectivity index (χ1v) is 10.5. The van der Waals surface area contributed by atoms with E-state index in [0.29, 0.717) is 25.2 Å². The average molecular weight is 394 g/mol. The molecule has 1 aromatic rings. The van der Waals surface area contributed by atoms with E-state index < -0.39 is 15.9 Å². The number of sulfonamides is 1. The predicted octanol–water partition coefficient (Wildman–Crippen LogP) is 2.56. The molecule has 1 aromatic carbocycles. The van der Waals surface area contributed by atoms with Crippen molar-refractivity contribution in [3.8, 4) is 0 Å². The van der Waals surface area contributed by atoms with Gasteiger partial charge in [0.25, 0.3) is 5.91 Å². The molecule has 0 saturated carbocycles. The summed E-state index contributed by atoms with van der Waals surface area (Å²) in [6.07, 6.45) is 6.20. The molecule has 0 spiro atoms. The lowest BCUT2D eigenvalue weighted by atomic mass is 9.95. The number of carbonyl (C=O) groups is 2. The SMILES string of the molecule is CCN(CC)S(=O)(=O)c1ccc(NC(=O)COC(=O)[C@@H]2CC=CCC2)cc1. The second kappa shape index (κ2) is 9.66. The van der Waals surface area contributed by atoms with Crippen LogP contribution >= 0.6 is 0 Å². The topological polar surface area (TPSA) is 92.8 Å². The van der Waals surface area contributed by atoms with E-state index in [1.807, 2.05) is 12.2 Å². The summed E-state index contributed by atoms with van der Waals surface area (Å²) in [6, 6.07) is 5.93. The fraction of sp³-hybridized carbons (Fsp3) is 0.474. The molecule has 1 atom stereocenters. The van der Waals surface area contributed by atoms with Crippen molar-refractivity contribution in [3.63, 3.8) is 0 Å². The van der Waals surface area contributed by atoms with Gasteiger partial charge in [0.1, 0.15) is 0 Å². The molecule has 0 unspecified atom stereocenters. The van der Waals surface area contributed by atoms with Crippen molar-refractivity contribution >= 4 is 27.6 Å². The number of ether oxygens (including phenoxy) is 1. The summed E-state index contributed by atoms with van der Waals surface area (Å²) in [5, 5.41) is 2.60. The Morgan fingerprint density at radius 3 is 2.37 bits per heavy atom. The van der Waals surface area contributed by atoms with Crippen LogP contribution in [0.1, 0.15) is 33.1 Å². The molecule has 0 heterocycles. The number of carbonyl (C=O) groups excluding carboxylic acids is 2. The minimum Gasteiger partial charge on any atom is -0.455 e. The third-order valence-electron chi connectivity index (χ3n) is 4.43. The first kappa shape index (κ1) is 21.1. The van der Waals surface area contributed by atoms with E-state index in [9.17, 15) is 18.0 Å². The summed E-state index contributed by atoms with van der Waals surface area (Å²) < 4.78 is 31.3. The number of nitrogens with zero attached hydrogens (tertiary/aromatic N) is 1. The maximum Gasteiger partial charge on any atom is 0.309 e. The molecule has 148 valence electrons. The third kappa shape index (κ3) is 5.64. The second-order valence-corrected chi connectivity index (χ2v) is 8.19. The van der Waals surface area contributed by atoms with Crippen LogP contribution in [0.2, 0.25) is 0 Å². The van der Waals surface area contributed by atoms with Crippen LogP contribution in [0.15, 0.2) is 41.3 Å². The van der Waals surface area contributed by atoms with Gasteiger partial charge in [-0.25, -0.2) is 8.42 Å². The standard InChI is InChI=1S/C19H26N2O5S/c1-3-21(4-2)27(24,25)17-12-10-16(11-13-17)20-18(22)14-26-19(23)15-8-6-5-7-9-15/h5-6,10-13,15H,3-4,7-9,14H2,1-2H3,(H,20,22)/t15-/m1/s1. The lowest BCUT2D eigenvalue weighted by Gasteiger charge is -2.18. The Bertz CT molecular complexity index is 783. The van der Waals surface area contributed by atoms with Crippen molar-refractivity contribution in [1.29, 1.82) is 0 Å². The predicted molar refractivity (Wildman–Crippen MR) is 103 cm³/mol. The Hall–Kier alpha value is -2.19. The molecule has 1 aliphatic rings. The van der Waals surface area contributed by atoms with Crippen LogP contribution < -0.4 is 5.32 Å². The first-order chi connectivity index (χ1) is 12.9. The van der Waals surface area contributed by atoms with Gasteiger partial charge in [0, 0.05) is 18.8 Å². The molecule has 1 aliphatic carbocycles. The van der Waals surface area contributed by atoms with Crippen LogP contribution in [-0.4, -0.2) is 44.3 Å². The largest absolute Gasteiger partial charge is 0.455 e. The summed E-state index contributed by atoms with van der Waals surface area (Å²) in [7, 11) is -3.53. The molecule has 1 N–H and O–H groups in total. The molecular formula is C19H26N2O5S. The number of esters is 1. The highest BCUT2D eigenvalue weighted by Gasteiger charge is 2.22. The summed E-state index contributed by atoms with van der Waals surface area (Å²) in [5.41, 5.74) is 0.440. The number of benzene rings is 1. The molecule has 0 saturated heterocycles. The lowest BCUT2D eigenvalue weighted by molar-refractivity contribution is -0.151. The van der Waals surface area contributed by atoms with E-state index in [2.05, 4.69) is 5.32 Å². The summed E-state index contributed by atoms with van der Waals surface area (Å²) >= 11 is 0. The Balaban J connectivity index is 1.89. The molecule has 7 nitrogen and oxygen atoms in total. The van der Waals surface area contributed by atoms with E-state index in [-0.39, 0.29) is 23.4 Å². The fourth-order valence-electron chi connectivity index (χ4n) is 2.88. The molecule has 27 heavy (non-hydrogen) atoms. The van der Waals surface area contributed by atoms with Crippen molar-refractivity contribution in [3.05, 3.63) is 36.4 Å². The number of amides is 1. The third-order valence-corrected chi connectivity index (χ3v) is 6.49. The second-order valence-electron chi connectivity index (χ2n) is 6.25. The summed E-state index contributed by atoms with van der Waals surface area (Å²) in [5.74, 6) is -1.02. The molecule has 8 heteroatoms. The van der Waals surface area contributed by atoms with Gasteiger partial charge in [0.05, 0.1) is 10.8 Å². The number of rotatable bonds is 8. The van der Waals surface area contributed by atoms with Gasteiger partial charge >= 0.3 is 5.97 Å². The Morgan fingerprint density at radius 2 is 1.81 bits per heavy atom. The molecule has 0 fully saturated rings. The highest BCUT2D eigenvalue weighted by molar-refractivity contribution is 7.89. The molecular weight excluding hydrogens is 368 g/mol. The lowest BCUT2D eigenvalue weighted by Crippen LogP contribution is -2.30. The van der Waals surface area contributed by atoms with Crippen LogP contribution in [0, 0.1) is 5.92 Å². The van der Waals surface area contributed by atoms with Crippen molar-refractivity contribution in [2.45, 2.75) is 38.0 Å². The number of nitrogens with one attached hydrogen (secondary N) is 1. The number of hydrogen-bond acceptors (Lipinski definition) is 5. The molecule has 0 aromatic heterocycles. The van der Waals surface area contributed by atoms with Crippen molar-refractivity contribution in [1.82, 2.24) is 4.31 Å². The minimum atomic E-state index is -3.53. The van der Waals surface area contributed by atoms with Crippen LogP contribution in [0.4, 0.5) is 5.69 Å². The maximum atomic E-state index is 12.4. The van der Waals surface area contributed by atoms with Gasteiger partial charge in [-0.15, -0.1) is 0 Å². The highest BCUT2D eigenvalue weighted by atomic mass is 32.2. The van der Waals surface area contributed by atoms with E-state index in [0.717, 1.165) is 12.8 Å². The monoisotopic (exact) mass is 394 g/mol. The average Bonchev–Trinajstić information content (AvgIpc) is 2.68. The van der Waals surface area contributed by atoms with E-state index >= 15 is 0 Å². The van der Waals surface area contributed by atoms with E-state index in [1.165, 1.54) is 28.6 Å². The maximum absolute atomic E-state index is 12.4. The van der Waals surface area contributed by atoms with Gasteiger partial charge in [-0.2, -0.15) is 4.31 Å². The van der Waals surface area contributed by atoms with Gasteiger partial charge in [0.2, 0.25) is 10.0 Å². The highest BCUT2D eigenvalue weighted by Crippen LogP contribution is 2.20. The zero-order valence-corrected chi connectivity index (χ0v) is 16.5. The Morgan fingerprint density at radius 1 is 1.15 bits per heavy atom. The molecule has 0 bridgehead atoms. The van der Waals surface area contributed by atoms with E-state index in [1.54, 1.807) is 13.8 Å². The van der Waals surface area contributed by atoms with Gasteiger partial charge < -0.3 is 10.1 Å². The van der Waals surface area contributed by atoms with E-state index in [4.69, 9.17) is 4.74 Å². The van der Waals surface area contributed by atoms with Crippen LogP contribution in [0.5, 0.6) is 0 Å². The zero-order chi connectivity index (χ0) is 19.9. The van der Waals surface area contributed by atoms with Crippen molar-refractivity contribution < 1.29 is 22.7 Å². The van der Waals surface area contributed by atoms with Gasteiger partial charge in [0.15, 0.2) is 6.61 Å². The van der Waals surface area contributed by atoms with Crippen LogP contribution in [0.3, 0.4) is 0 Å². The minimum absolute atomic E-state index is 0.168. The van der Waals surface area contributed by atoms with Gasteiger partial charge in [-0.3, -0.25) is 9.59 Å². The van der Waals surface area contributed by atoms with Crippen molar-refractivity contribution in [2.24, 2.45) is 5.92 Å². The zero-order valence-electron chi connectivity index (χ0n) is 15.7. The van der Waals surface area contributed by atoms with Gasteiger partial charge in [-0.05, 0) is 43.5 Å². The Kier molecular flexibility index (Phi) is 7.55. The van der Waals surface area contributed by atoms with Crippen molar-refractivity contribution in [2.75, 3.05) is 25.0 Å². The summed E-state index contributed by atoms with van der Waals surface area (Å²) in [6.45, 7) is 3.97. The number of anilines is 1. The van der Waals surface area contributed by atoms with Crippen LogP contribution in [0.25, 0.3) is 0 Å². The Labute approximate surface area is 160 Å². The first-order valence-electron chi connectivity index (χ1n) is 9.10. The quantitative estimate of drug-likeness (QED) is 0.540. The normalized spacial score (nSPS) is 16.9. The summed E-state index contributed by atoms with van der Waals surface area (Å²) in [4.78, 5) is 24.0. The smallest absolute Gasteiger partial charge is 0.309 e. The van der Waals surface area contributed by atoms with Gasteiger partial charge in [-0.1, -0.05) is 26.0 Å². The number of hydrogen-bond donors (Lipinski definition) is 1.